The van der Waals surface area contributed by atoms with Crippen LogP contribution in [0.4, 0.5) is 15.8 Å². The van der Waals surface area contributed by atoms with E-state index in [-0.39, 0.29) is 30.0 Å². The molecular weight excluding hydrogens is 421 g/mol. The van der Waals surface area contributed by atoms with Crippen LogP contribution in [-0.4, -0.2) is 23.3 Å². The third-order valence-electron chi connectivity index (χ3n) is 3.89. The molecule has 0 spiro atoms. The number of benzene rings is 2. The van der Waals surface area contributed by atoms with Crippen LogP contribution in [0.3, 0.4) is 0 Å². The number of nitrogens with one attached hydrogen (secondary N) is 2. The Kier molecular flexibility index (Phi) is 6.62. The van der Waals surface area contributed by atoms with E-state index in [0.717, 1.165) is 22.2 Å². The lowest BCUT2D eigenvalue weighted by molar-refractivity contribution is -0.385. The summed E-state index contributed by atoms with van der Waals surface area (Å²) in [6, 6.07) is 7.41. The third kappa shape index (κ3) is 5.33. The second-order valence-corrected chi connectivity index (χ2v) is 6.79. The molecule has 0 aliphatic rings. The minimum Gasteiger partial charge on any atom is -0.352 e. The molecule has 142 valence electrons. The largest absolute Gasteiger partial charge is 0.352 e. The number of carbonyl (C=O) groups is 2. The summed E-state index contributed by atoms with van der Waals surface area (Å²) in [6.07, 6.45) is -0.00582. The first-order valence-electron chi connectivity index (χ1n) is 7.97. The topological polar surface area (TPSA) is 101 Å². The van der Waals surface area contributed by atoms with Gasteiger partial charge in [-0.2, -0.15) is 0 Å². The van der Waals surface area contributed by atoms with Crippen LogP contribution in [0.15, 0.2) is 34.8 Å². The molecule has 0 aromatic heterocycles. The fourth-order valence-electron chi connectivity index (χ4n) is 2.32. The molecule has 0 saturated heterocycles. The maximum Gasteiger partial charge on any atom is 0.276 e. The van der Waals surface area contributed by atoms with E-state index in [1.54, 1.807) is 6.07 Å². The van der Waals surface area contributed by atoms with Gasteiger partial charge >= 0.3 is 0 Å². The van der Waals surface area contributed by atoms with Crippen molar-refractivity contribution in [1.82, 2.24) is 5.32 Å². The van der Waals surface area contributed by atoms with Crippen molar-refractivity contribution in [2.24, 2.45) is 0 Å². The van der Waals surface area contributed by atoms with Gasteiger partial charge in [0.2, 0.25) is 5.91 Å². The second kappa shape index (κ2) is 8.72. The number of hydrogen-bond donors (Lipinski definition) is 2. The number of nitrogens with zero attached hydrogens (tertiary/aromatic N) is 1. The van der Waals surface area contributed by atoms with Crippen molar-refractivity contribution in [2.45, 2.75) is 20.3 Å². The molecule has 0 heterocycles. The van der Waals surface area contributed by atoms with Gasteiger partial charge in [0.1, 0.15) is 5.82 Å². The molecule has 2 amide bonds. The lowest BCUT2D eigenvalue weighted by Crippen LogP contribution is -2.28. The van der Waals surface area contributed by atoms with Crippen molar-refractivity contribution < 1.29 is 18.9 Å². The molecule has 9 heteroatoms. The van der Waals surface area contributed by atoms with Gasteiger partial charge in [-0.1, -0.05) is 22.0 Å². The van der Waals surface area contributed by atoms with Gasteiger partial charge in [0, 0.05) is 34.8 Å². The van der Waals surface area contributed by atoms with E-state index in [2.05, 4.69) is 26.6 Å². The van der Waals surface area contributed by atoms with Gasteiger partial charge in [0.25, 0.3) is 11.6 Å². The van der Waals surface area contributed by atoms with Crippen LogP contribution >= 0.6 is 15.9 Å². The van der Waals surface area contributed by atoms with Crippen molar-refractivity contribution in [2.75, 3.05) is 11.9 Å². The van der Waals surface area contributed by atoms with E-state index in [1.807, 2.05) is 19.1 Å². The van der Waals surface area contributed by atoms with E-state index >= 15 is 0 Å². The quantitative estimate of drug-likeness (QED) is 0.528. The maximum atomic E-state index is 13.8. The first-order valence-corrected chi connectivity index (χ1v) is 8.77. The number of aryl methyl sites for hydroxylation is 1. The molecule has 0 saturated carbocycles. The van der Waals surface area contributed by atoms with Crippen LogP contribution in [0.1, 0.15) is 27.9 Å². The Balaban J connectivity index is 1.95. The minimum absolute atomic E-state index is 0.00100. The van der Waals surface area contributed by atoms with Gasteiger partial charge in [-0.3, -0.25) is 19.7 Å². The zero-order chi connectivity index (χ0) is 20.1. The highest BCUT2D eigenvalue weighted by molar-refractivity contribution is 9.10. The molecule has 0 unspecified atom stereocenters. The standard InChI is InChI=1S/C18H17BrFN3O4/c1-10-3-4-13(19)9-15(10)22-17(24)5-6-21-18(25)12-7-14(20)11(2)16(8-12)23(26)27/h3-4,7-9H,5-6H2,1-2H3,(H,21,25)(H,22,24). The highest BCUT2D eigenvalue weighted by Crippen LogP contribution is 2.23. The van der Waals surface area contributed by atoms with Gasteiger partial charge in [0.05, 0.1) is 10.5 Å². The van der Waals surface area contributed by atoms with Gasteiger partial charge in [-0.05, 0) is 37.6 Å². The zero-order valence-corrected chi connectivity index (χ0v) is 16.2. The number of rotatable bonds is 6. The molecule has 0 bridgehead atoms. The normalized spacial score (nSPS) is 10.4. The van der Waals surface area contributed by atoms with Gasteiger partial charge in [0.15, 0.2) is 0 Å². The number of carbonyl (C=O) groups excluding carboxylic acids is 2. The Morgan fingerprint density at radius 2 is 1.93 bits per heavy atom. The molecule has 2 rings (SSSR count). The highest BCUT2D eigenvalue weighted by Gasteiger charge is 2.19. The van der Waals surface area contributed by atoms with Crippen LogP contribution in [0.25, 0.3) is 0 Å². The molecule has 0 aliphatic heterocycles. The summed E-state index contributed by atoms with van der Waals surface area (Å²) in [5.74, 6) is -1.83. The number of anilines is 1. The fourth-order valence-corrected chi connectivity index (χ4v) is 2.68. The monoisotopic (exact) mass is 437 g/mol. The van der Waals surface area contributed by atoms with Gasteiger partial charge in [-0.25, -0.2) is 4.39 Å². The van der Waals surface area contributed by atoms with Crippen LogP contribution in [0, 0.1) is 29.8 Å². The number of amides is 2. The second-order valence-electron chi connectivity index (χ2n) is 5.87. The highest BCUT2D eigenvalue weighted by atomic mass is 79.9. The molecule has 0 radical (unpaired) electrons. The SMILES string of the molecule is Cc1ccc(Br)cc1NC(=O)CCNC(=O)c1cc(F)c(C)c([N+](=O)[O-])c1. The summed E-state index contributed by atoms with van der Waals surface area (Å²) in [6.45, 7) is 3.12. The molecular formula is C18H17BrFN3O4. The summed E-state index contributed by atoms with van der Waals surface area (Å²) in [5.41, 5.74) is 0.756. The number of nitro benzene ring substituents is 1. The molecule has 7 nitrogen and oxygen atoms in total. The zero-order valence-electron chi connectivity index (χ0n) is 14.6. The minimum atomic E-state index is -0.836. The van der Waals surface area contributed by atoms with E-state index < -0.39 is 22.3 Å². The summed E-state index contributed by atoms with van der Waals surface area (Å²) in [7, 11) is 0. The smallest absolute Gasteiger partial charge is 0.276 e. The summed E-state index contributed by atoms with van der Waals surface area (Å²) >= 11 is 3.32. The number of nitro groups is 1. The number of halogens is 2. The third-order valence-corrected chi connectivity index (χ3v) is 4.38. The Morgan fingerprint density at radius 3 is 2.59 bits per heavy atom. The number of hydrogen-bond acceptors (Lipinski definition) is 4. The van der Waals surface area contributed by atoms with Crippen LogP contribution in [0.5, 0.6) is 0 Å². The fraction of sp³-hybridized carbons (Fsp3) is 0.222. The van der Waals surface area contributed by atoms with E-state index in [0.29, 0.717) is 5.69 Å². The lowest BCUT2D eigenvalue weighted by Gasteiger charge is -2.10. The Labute approximate surface area is 163 Å². The van der Waals surface area contributed by atoms with Crippen LogP contribution in [-0.2, 0) is 4.79 Å². The van der Waals surface area contributed by atoms with Crippen molar-refractivity contribution in [3.05, 3.63) is 67.4 Å². The average molecular weight is 438 g/mol. The first-order chi connectivity index (χ1) is 12.7. The van der Waals surface area contributed by atoms with Crippen LogP contribution < -0.4 is 10.6 Å². The summed E-state index contributed by atoms with van der Waals surface area (Å²) in [4.78, 5) is 34.3. The van der Waals surface area contributed by atoms with Crippen molar-refractivity contribution >= 4 is 39.1 Å². The van der Waals surface area contributed by atoms with Crippen molar-refractivity contribution in [1.29, 1.82) is 0 Å². The predicted molar refractivity (Wildman–Crippen MR) is 102 cm³/mol. The molecule has 0 atom stereocenters. The molecule has 2 N–H and O–H groups in total. The summed E-state index contributed by atoms with van der Waals surface area (Å²) < 4.78 is 14.6. The molecule has 0 fully saturated rings. The molecule has 27 heavy (non-hydrogen) atoms. The Bertz CT molecular complexity index is 918. The average Bonchev–Trinajstić information content (AvgIpc) is 2.60. The van der Waals surface area contributed by atoms with E-state index in [4.69, 9.17) is 0 Å². The Hall–Kier alpha value is -2.81. The van der Waals surface area contributed by atoms with Crippen molar-refractivity contribution in [3.63, 3.8) is 0 Å². The molecule has 2 aromatic carbocycles. The van der Waals surface area contributed by atoms with Crippen molar-refractivity contribution in [3.8, 4) is 0 Å². The Morgan fingerprint density at radius 1 is 1.22 bits per heavy atom. The lowest BCUT2D eigenvalue weighted by atomic mass is 10.1. The van der Waals surface area contributed by atoms with Crippen LogP contribution in [0.2, 0.25) is 0 Å². The summed E-state index contributed by atoms with van der Waals surface area (Å²) in [5, 5.41) is 16.1. The maximum absolute atomic E-state index is 13.8. The van der Waals surface area contributed by atoms with E-state index in [9.17, 15) is 24.1 Å². The van der Waals surface area contributed by atoms with Gasteiger partial charge < -0.3 is 10.6 Å². The van der Waals surface area contributed by atoms with Gasteiger partial charge in [-0.15, -0.1) is 0 Å². The molecule has 0 aliphatic carbocycles. The van der Waals surface area contributed by atoms with E-state index in [1.165, 1.54) is 6.92 Å². The molecule has 2 aromatic rings. The first kappa shape index (κ1) is 20.5. The predicted octanol–water partition coefficient (Wildman–Crippen LogP) is 3.87.